The first-order valence-corrected chi connectivity index (χ1v) is 10.3. The number of fused-ring (bicyclic) bond motifs is 2. The summed E-state index contributed by atoms with van der Waals surface area (Å²) in [6, 6.07) is 11.0. The Balaban J connectivity index is 1.47. The summed E-state index contributed by atoms with van der Waals surface area (Å²) in [5, 5.41) is 11.0. The van der Waals surface area contributed by atoms with E-state index < -0.39 is 5.91 Å². The van der Waals surface area contributed by atoms with Crippen LogP contribution in [0.1, 0.15) is 45.7 Å². The first kappa shape index (κ1) is 19.2. The van der Waals surface area contributed by atoms with Crippen LogP contribution in [0.4, 0.5) is 5.82 Å². The zero-order valence-electron chi connectivity index (χ0n) is 17.3. The van der Waals surface area contributed by atoms with E-state index >= 15 is 0 Å². The average Bonchev–Trinajstić information content (AvgIpc) is 3.20. The second kappa shape index (κ2) is 7.50. The Morgan fingerprint density at radius 1 is 1.00 bits per heavy atom. The van der Waals surface area contributed by atoms with Gasteiger partial charge in [-0.05, 0) is 84.2 Å². The maximum Gasteiger partial charge on any atom is 0.292 e. The minimum absolute atomic E-state index is 0.0955. The second-order valence-corrected chi connectivity index (χ2v) is 8.04. The number of anilines is 1. The quantitative estimate of drug-likeness (QED) is 0.525. The van der Waals surface area contributed by atoms with Gasteiger partial charge in [-0.15, -0.1) is 0 Å². The minimum Gasteiger partial charge on any atom is -0.451 e. The zero-order chi connectivity index (χ0) is 21.5. The monoisotopic (exact) mass is 415 g/mol. The summed E-state index contributed by atoms with van der Waals surface area (Å²) in [4.78, 5) is 25.4. The lowest BCUT2D eigenvalue weighted by Crippen LogP contribution is -2.16. The number of aromatic nitrogens is 2. The lowest BCUT2D eigenvalue weighted by Gasteiger charge is -2.16. The molecule has 4 aromatic rings. The van der Waals surface area contributed by atoms with E-state index in [-0.39, 0.29) is 17.0 Å². The molecule has 1 amide bonds. The van der Waals surface area contributed by atoms with Gasteiger partial charge in [0.1, 0.15) is 5.58 Å². The fourth-order valence-corrected chi connectivity index (χ4v) is 4.29. The van der Waals surface area contributed by atoms with Gasteiger partial charge in [0.05, 0.1) is 5.39 Å². The van der Waals surface area contributed by atoms with Crippen LogP contribution in [-0.4, -0.2) is 16.2 Å². The van der Waals surface area contributed by atoms with Gasteiger partial charge in [-0.3, -0.25) is 14.9 Å². The topological polar surface area (TPSA) is 98.2 Å². The van der Waals surface area contributed by atoms with E-state index in [0.717, 1.165) is 36.0 Å². The van der Waals surface area contributed by atoms with E-state index in [1.165, 1.54) is 23.6 Å². The molecule has 7 nitrogen and oxygen atoms in total. The van der Waals surface area contributed by atoms with Crippen LogP contribution >= 0.6 is 0 Å². The molecule has 1 aliphatic carbocycles. The van der Waals surface area contributed by atoms with Gasteiger partial charge >= 0.3 is 0 Å². The van der Waals surface area contributed by atoms with Gasteiger partial charge in [-0.1, -0.05) is 18.2 Å². The summed E-state index contributed by atoms with van der Waals surface area (Å²) in [6.07, 6.45) is 4.47. The normalized spacial score (nSPS) is 13.2. The number of carbonyl (C=O) groups is 1. The number of rotatable bonds is 3. The van der Waals surface area contributed by atoms with Crippen molar-refractivity contribution in [1.29, 1.82) is 0 Å². The van der Waals surface area contributed by atoms with Gasteiger partial charge in [0.25, 0.3) is 5.91 Å². The van der Waals surface area contributed by atoms with Gasteiger partial charge in [-0.25, -0.2) is 4.63 Å². The standard InChI is InChI=1S/C24H21N3O4/c1-13-9-14(2)21-18(28)12-20(30-19(21)10-13)24(29)25-23-22(26-31-27-23)17-8-7-15-5-3-4-6-16(15)11-17/h7-12H,3-6H2,1-2H3,(H,25,27,29). The molecular weight excluding hydrogens is 394 g/mol. The number of nitrogens with one attached hydrogen (secondary N) is 1. The molecule has 0 bridgehead atoms. The smallest absolute Gasteiger partial charge is 0.292 e. The molecule has 0 atom stereocenters. The van der Waals surface area contributed by atoms with E-state index in [0.29, 0.717) is 16.7 Å². The summed E-state index contributed by atoms with van der Waals surface area (Å²) in [7, 11) is 0. The van der Waals surface area contributed by atoms with E-state index in [4.69, 9.17) is 9.05 Å². The lowest BCUT2D eigenvalue weighted by molar-refractivity contribution is 0.0996. The summed E-state index contributed by atoms with van der Waals surface area (Å²) >= 11 is 0. The molecule has 0 aliphatic heterocycles. The Bertz CT molecular complexity index is 1380. The SMILES string of the molecule is Cc1cc(C)c2c(=O)cc(C(=O)Nc3nonc3-c3ccc4c(c3)CCCC4)oc2c1. The number of hydrogen-bond donors (Lipinski definition) is 1. The number of nitrogens with zero attached hydrogens (tertiary/aromatic N) is 2. The van der Waals surface area contributed by atoms with Gasteiger partial charge in [0.2, 0.25) is 5.82 Å². The van der Waals surface area contributed by atoms with Crippen molar-refractivity contribution < 1.29 is 13.8 Å². The molecule has 2 heterocycles. The Morgan fingerprint density at radius 2 is 1.81 bits per heavy atom. The Labute approximate surface area is 178 Å². The van der Waals surface area contributed by atoms with Crippen molar-refractivity contribution >= 4 is 22.7 Å². The molecular formula is C24H21N3O4. The van der Waals surface area contributed by atoms with Crippen molar-refractivity contribution in [2.24, 2.45) is 0 Å². The van der Waals surface area contributed by atoms with Crippen LogP contribution in [0.15, 0.2) is 50.2 Å². The first-order valence-electron chi connectivity index (χ1n) is 10.3. The molecule has 1 N–H and O–H groups in total. The van der Waals surface area contributed by atoms with Gasteiger partial charge < -0.3 is 4.42 Å². The zero-order valence-corrected chi connectivity index (χ0v) is 17.3. The van der Waals surface area contributed by atoms with Crippen LogP contribution in [0.2, 0.25) is 0 Å². The van der Waals surface area contributed by atoms with Crippen molar-refractivity contribution in [3.05, 3.63) is 74.6 Å². The minimum atomic E-state index is -0.590. The molecule has 0 saturated heterocycles. The highest BCUT2D eigenvalue weighted by molar-refractivity contribution is 6.04. The highest BCUT2D eigenvalue weighted by Gasteiger charge is 2.20. The molecule has 0 unspecified atom stereocenters. The van der Waals surface area contributed by atoms with Crippen LogP contribution in [-0.2, 0) is 12.8 Å². The third-order valence-corrected chi connectivity index (χ3v) is 5.74. The number of aryl methyl sites for hydroxylation is 4. The van der Waals surface area contributed by atoms with E-state index in [1.54, 1.807) is 6.07 Å². The van der Waals surface area contributed by atoms with Crippen molar-refractivity contribution in [1.82, 2.24) is 10.3 Å². The van der Waals surface area contributed by atoms with Crippen molar-refractivity contribution in [3.8, 4) is 11.3 Å². The fraction of sp³-hybridized carbons (Fsp3) is 0.250. The van der Waals surface area contributed by atoms with Crippen LogP contribution in [0.5, 0.6) is 0 Å². The van der Waals surface area contributed by atoms with E-state index in [1.807, 2.05) is 26.0 Å². The third-order valence-electron chi connectivity index (χ3n) is 5.74. The summed E-state index contributed by atoms with van der Waals surface area (Å²) in [6.45, 7) is 3.75. The molecule has 7 heteroatoms. The number of amides is 1. The lowest BCUT2D eigenvalue weighted by atomic mass is 9.90. The largest absolute Gasteiger partial charge is 0.451 e. The summed E-state index contributed by atoms with van der Waals surface area (Å²) in [5.74, 6) is -0.501. The predicted octanol–water partition coefficient (Wildman–Crippen LogP) is 4.59. The maximum absolute atomic E-state index is 12.8. The molecule has 0 spiro atoms. The molecule has 1 aliphatic rings. The second-order valence-electron chi connectivity index (χ2n) is 8.04. The van der Waals surface area contributed by atoms with Crippen LogP contribution < -0.4 is 10.7 Å². The molecule has 0 saturated carbocycles. The highest BCUT2D eigenvalue weighted by atomic mass is 16.6. The molecule has 0 fully saturated rings. The van der Waals surface area contributed by atoms with Gasteiger partial charge in [0.15, 0.2) is 16.9 Å². The Hall–Kier alpha value is -3.74. The van der Waals surface area contributed by atoms with Crippen LogP contribution in [0, 0.1) is 13.8 Å². The summed E-state index contributed by atoms with van der Waals surface area (Å²) < 4.78 is 10.6. The average molecular weight is 415 g/mol. The molecule has 5 rings (SSSR count). The van der Waals surface area contributed by atoms with E-state index in [2.05, 4.69) is 27.8 Å². The molecule has 2 aromatic heterocycles. The van der Waals surface area contributed by atoms with E-state index in [9.17, 15) is 9.59 Å². The van der Waals surface area contributed by atoms with Crippen molar-refractivity contribution in [2.45, 2.75) is 39.5 Å². The highest BCUT2D eigenvalue weighted by Crippen LogP contribution is 2.30. The van der Waals surface area contributed by atoms with Crippen LogP contribution in [0.25, 0.3) is 22.2 Å². The number of carbonyl (C=O) groups excluding carboxylic acids is 1. The van der Waals surface area contributed by atoms with Gasteiger partial charge in [0, 0.05) is 11.6 Å². The molecule has 0 radical (unpaired) electrons. The maximum atomic E-state index is 12.8. The predicted molar refractivity (Wildman–Crippen MR) is 116 cm³/mol. The molecule has 156 valence electrons. The van der Waals surface area contributed by atoms with Crippen LogP contribution in [0.3, 0.4) is 0 Å². The number of hydrogen-bond acceptors (Lipinski definition) is 6. The van der Waals surface area contributed by atoms with Crippen molar-refractivity contribution in [2.75, 3.05) is 5.32 Å². The van der Waals surface area contributed by atoms with Crippen molar-refractivity contribution in [3.63, 3.8) is 0 Å². The Morgan fingerprint density at radius 3 is 2.65 bits per heavy atom. The number of benzene rings is 2. The molecule has 31 heavy (non-hydrogen) atoms. The third kappa shape index (κ3) is 3.52. The Kier molecular flexibility index (Phi) is 4.66. The molecule has 2 aromatic carbocycles. The fourth-order valence-electron chi connectivity index (χ4n) is 4.29. The first-order chi connectivity index (χ1) is 15.0. The van der Waals surface area contributed by atoms with Gasteiger partial charge in [-0.2, -0.15) is 0 Å². The summed E-state index contributed by atoms with van der Waals surface area (Å²) in [5.41, 5.74) is 5.77.